The maximum atomic E-state index is 13.2. The fourth-order valence-corrected chi connectivity index (χ4v) is 23.6. The van der Waals surface area contributed by atoms with Crippen molar-refractivity contribution in [1.82, 2.24) is 30.7 Å². The lowest BCUT2D eigenvalue weighted by Gasteiger charge is -2.65. The first kappa shape index (κ1) is 91.0. The second kappa shape index (κ2) is 47.5. The summed E-state index contributed by atoms with van der Waals surface area (Å²) in [6, 6.07) is 0. The summed E-state index contributed by atoms with van der Waals surface area (Å²) >= 11 is 13.8. The molecular weight excluding hydrogens is 1500 g/mol. The molecule has 604 valence electrons. The van der Waals surface area contributed by atoms with Crippen molar-refractivity contribution >= 4 is 159 Å². The Morgan fingerprint density at radius 1 is 0.495 bits per heavy atom. The number of hydrogen-bond acceptors (Lipinski definition) is 23. The molecule has 29 heteroatoms. The van der Waals surface area contributed by atoms with Gasteiger partial charge in [-0.15, -0.1) is 35.3 Å². The van der Waals surface area contributed by atoms with Gasteiger partial charge >= 0.3 is 0 Å². The fraction of sp³-hybridized carbons (Fsp3) is 0.833. The standard InChI is InChI=1S/C78H124N6O16S7/c1-52(18-19-57(88)14-10-36-101)59-20-21-60-73-61(48-66(78(59,60)6)100-35-13-39-104-45-29-81-69(91)17-9-32-84-72(94)51-65(76(84)97)107-42-25-55(4)87)77(5)26-22-58(98-33-11-37-102-43-27-79-67(89)15-7-30-82-70(92)49-63(74(82)95)105-40-23-53(2)85)46-56(77)47-62(73)99-34-12-38-103-44-28-80-68(90)16-8-31-83-71(93)50-64(75(83)96)106-41-24-54(3)86/h52,56,58-66,73,101H,7-51H2,1-6H3,(H,79,89)(H,80,90)(H,81,91)/t52-,56?,58-,59+,60?,61?,62?,63?,64?,65?,66+,73?,77+,78-/m1/s1. The first-order valence-electron chi connectivity index (χ1n) is 39.7. The van der Waals surface area contributed by atoms with Crippen LogP contribution < -0.4 is 16.0 Å². The van der Waals surface area contributed by atoms with Crippen LogP contribution in [-0.2, 0) is 76.5 Å². The number of rotatable bonds is 55. The molecule has 3 saturated heterocycles. The summed E-state index contributed by atoms with van der Waals surface area (Å²) in [7, 11) is 0. The SMILES string of the molecule is CC(=O)CCSC1CC(=O)N(CCCC(=O)NCCSCCCOC2CC3C[C@H](OCCCSCCNC(=O)CCCN4C(=O)CC(SCCC(C)=O)C4=O)CC[C@]3(C)C3C[C@H](OCCCSCCNC(=O)CCCN4C(=O)CC(SCCC(C)=O)C4=O)[C@@]4(C)C(CC[C@H]4[C@H](C)CCC(=O)CCCS)C23)C1=O. The molecule has 0 aromatic rings. The number of likely N-dealkylation sites (tertiary alicyclic amines) is 3. The molecule has 3 aliphatic heterocycles. The van der Waals surface area contributed by atoms with E-state index in [0.29, 0.717) is 155 Å². The molecule has 22 nitrogen and oxygen atoms in total. The third-order valence-corrected chi connectivity index (χ3v) is 30.4. The molecule has 4 aliphatic carbocycles. The van der Waals surface area contributed by atoms with Crippen molar-refractivity contribution in [2.45, 2.75) is 243 Å². The number of thioether (sulfide) groups is 6. The van der Waals surface area contributed by atoms with Crippen molar-refractivity contribution in [3.8, 4) is 0 Å². The van der Waals surface area contributed by atoms with Crippen molar-refractivity contribution in [3.63, 3.8) is 0 Å². The maximum Gasteiger partial charge on any atom is 0.242 e. The van der Waals surface area contributed by atoms with E-state index in [1.807, 2.05) is 0 Å². The van der Waals surface area contributed by atoms with E-state index < -0.39 is 15.7 Å². The zero-order valence-electron chi connectivity index (χ0n) is 64.5. The van der Waals surface area contributed by atoms with Crippen LogP contribution in [0.4, 0.5) is 0 Å². The molecule has 14 atom stereocenters. The van der Waals surface area contributed by atoms with Gasteiger partial charge in [0.15, 0.2) is 0 Å². The number of ether oxygens (including phenoxy) is 3. The minimum atomic E-state index is -0.469. The Labute approximate surface area is 667 Å². The zero-order chi connectivity index (χ0) is 77.5. The first-order chi connectivity index (χ1) is 51.3. The number of nitrogens with zero attached hydrogens (tertiary/aromatic N) is 3. The molecule has 8 unspecified atom stereocenters. The highest BCUT2D eigenvalue weighted by Crippen LogP contribution is 2.69. The number of thiol groups is 1. The number of hydrogen-bond donors (Lipinski definition) is 4. The molecule has 0 bridgehead atoms. The lowest BCUT2D eigenvalue weighted by atomic mass is 9.43. The Morgan fingerprint density at radius 2 is 0.935 bits per heavy atom. The van der Waals surface area contributed by atoms with E-state index in [4.69, 9.17) is 14.2 Å². The molecule has 7 rings (SSSR count). The third kappa shape index (κ3) is 28.4. The van der Waals surface area contributed by atoms with Crippen molar-refractivity contribution in [3.05, 3.63) is 0 Å². The zero-order valence-corrected chi connectivity index (χ0v) is 70.3. The van der Waals surface area contributed by atoms with Gasteiger partial charge in [-0.05, 0) is 181 Å². The summed E-state index contributed by atoms with van der Waals surface area (Å²) < 4.78 is 21.4. The van der Waals surface area contributed by atoms with E-state index in [2.05, 4.69) is 49.4 Å². The van der Waals surface area contributed by atoms with Gasteiger partial charge in [0.05, 0.1) is 34.1 Å². The average Bonchev–Trinajstić information content (AvgIpc) is 1.58. The number of Topliss-reactive ketones (excluding diaryl/α,β-unsaturated/α-hetero) is 4. The quantitative estimate of drug-likeness (QED) is 0.0250. The maximum absolute atomic E-state index is 13.2. The van der Waals surface area contributed by atoms with Gasteiger partial charge in [-0.3, -0.25) is 77.0 Å². The van der Waals surface area contributed by atoms with E-state index in [9.17, 15) is 62.3 Å². The molecule has 9 amide bonds. The van der Waals surface area contributed by atoms with Gasteiger partial charge in [0.1, 0.15) is 23.1 Å². The number of fused-ring (bicyclic) bond motifs is 5. The highest BCUT2D eigenvalue weighted by molar-refractivity contribution is 8.01. The van der Waals surface area contributed by atoms with E-state index >= 15 is 0 Å². The number of carbonyl (C=O) groups excluding carboxylic acids is 13. The summed E-state index contributed by atoms with van der Waals surface area (Å²) in [6.45, 7) is 16.1. The molecule has 0 aromatic carbocycles. The molecule has 0 aromatic heterocycles. The third-order valence-electron chi connectivity index (χ3n) is 23.2. The van der Waals surface area contributed by atoms with Gasteiger partial charge in [-0.1, -0.05) is 20.8 Å². The first-order valence-corrected chi connectivity index (χ1v) is 47.0. The topological polar surface area (TPSA) is 295 Å². The Bertz CT molecular complexity index is 2990. The van der Waals surface area contributed by atoms with Crippen LogP contribution in [0, 0.1) is 46.3 Å². The fourth-order valence-electron chi connectivity index (χ4n) is 17.5. The van der Waals surface area contributed by atoms with Crippen LogP contribution in [0.3, 0.4) is 0 Å². The molecular formula is C78H124N6O16S7. The van der Waals surface area contributed by atoms with Crippen molar-refractivity contribution in [2.24, 2.45) is 46.3 Å². The molecule has 7 fully saturated rings. The summed E-state index contributed by atoms with van der Waals surface area (Å²) in [6.07, 6.45) is 16.0. The van der Waals surface area contributed by atoms with Crippen LogP contribution in [0.25, 0.3) is 0 Å². The molecule has 0 spiro atoms. The van der Waals surface area contributed by atoms with Crippen LogP contribution in [0.5, 0.6) is 0 Å². The van der Waals surface area contributed by atoms with Gasteiger partial charge in [-0.2, -0.15) is 47.9 Å². The molecule has 0 radical (unpaired) electrons. The highest BCUT2D eigenvalue weighted by Gasteiger charge is 2.67. The average molecular weight is 1630 g/mol. The van der Waals surface area contributed by atoms with Gasteiger partial charge in [0.25, 0.3) is 0 Å². The predicted molar refractivity (Wildman–Crippen MR) is 433 cm³/mol. The smallest absolute Gasteiger partial charge is 0.242 e. The van der Waals surface area contributed by atoms with Gasteiger partial charge in [0, 0.05) is 170 Å². The van der Waals surface area contributed by atoms with Gasteiger partial charge in [-0.25, -0.2) is 0 Å². The Hall–Kier alpha value is -3.16. The molecule has 3 heterocycles. The second-order valence-corrected chi connectivity index (χ2v) is 38.9. The van der Waals surface area contributed by atoms with E-state index in [0.717, 1.165) is 112 Å². The van der Waals surface area contributed by atoms with Crippen molar-refractivity contribution in [1.29, 1.82) is 0 Å². The summed E-state index contributed by atoms with van der Waals surface area (Å²) in [4.78, 5) is 166. The van der Waals surface area contributed by atoms with E-state index in [-0.39, 0.29) is 158 Å². The minimum Gasteiger partial charge on any atom is -0.378 e. The van der Waals surface area contributed by atoms with Gasteiger partial charge < -0.3 is 30.2 Å². The molecule has 4 saturated carbocycles. The van der Waals surface area contributed by atoms with E-state index in [1.165, 1.54) is 70.8 Å². The normalized spacial score (nSPS) is 27.2. The van der Waals surface area contributed by atoms with Crippen LogP contribution in [0.2, 0.25) is 0 Å². The Morgan fingerprint density at radius 3 is 1.37 bits per heavy atom. The summed E-state index contributed by atoms with van der Waals surface area (Å²) in [5.41, 5.74) is -0.0934. The predicted octanol–water partition coefficient (Wildman–Crippen LogP) is 10.3. The number of imide groups is 3. The summed E-state index contributed by atoms with van der Waals surface area (Å²) in [5, 5.41) is 7.63. The van der Waals surface area contributed by atoms with Gasteiger partial charge in [0.2, 0.25) is 53.2 Å². The Kier molecular flexibility index (Phi) is 40.4. The van der Waals surface area contributed by atoms with Crippen molar-refractivity contribution < 1.29 is 76.5 Å². The van der Waals surface area contributed by atoms with Crippen LogP contribution in [-0.4, -0.2) is 242 Å². The van der Waals surface area contributed by atoms with Crippen LogP contribution in [0.15, 0.2) is 0 Å². The highest BCUT2D eigenvalue weighted by atomic mass is 32.2. The second-order valence-electron chi connectivity index (χ2n) is 30.9. The summed E-state index contributed by atoms with van der Waals surface area (Å²) in [5.74, 6) is 8.01. The number of nitrogens with one attached hydrogen (secondary N) is 3. The molecule has 3 N–H and O–H groups in total. The number of ketones is 4. The lowest BCUT2D eigenvalue weighted by Crippen LogP contribution is -2.63. The monoisotopic (exact) mass is 1620 g/mol. The number of carbonyl (C=O) groups is 13. The molecule has 7 aliphatic rings. The lowest BCUT2D eigenvalue weighted by molar-refractivity contribution is -0.227. The minimum absolute atomic E-state index is 0.0197. The van der Waals surface area contributed by atoms with Crippen molar-refractivity contribution in [2.75, 3.05) is 117 Å². The largest absolute Gasteiger partial charge is 0.378 e. The van der Waals surface area contributed by atoms with Crippen LogP contribution in [0.1, 0.15) is 208 Å². The Balaban J connectivity index is 0.906. The van der Waals surface area contributed by atoms with E-state index in [1.54, 1.807) is 35.3 Å². The number of amides is 9. The van der Waals surface area contributed by atoms with Crippen LogP contribution >= 0.6 is 83.2 Å². The molecule has 107 heavy (non-hydrogen) atoms.